The number of rotatable bonds is 5. The first-order valence-corrected chi connectivity index (χ1v) is 7.73. The van der Waals surface area contributed by atoms with E-state index in [2.05, 4.69) is 43.4 Å². The van der Waals surface area contributed by atoms with Gasteiger partial charge in [0.15, 0.2) is 0 Å². The second-order valence-electron chi connectivity index (χ2n) is 6.59. The van der Waals surface area contributed by atoms with Gasteiger partial charge in [-0.1, -0.05) is 32.0 Å². The molecule has 2 aliphatic heterocycles. The number of hydrogen-bond donors (Lipinski definition) is 1. The van der Waals surface area contributed by atoms with Crippen LogP contribution < -0.4 is 10.1 Å². The van der Waals surface area contributed by atoms with Crippen molar-refractivity contribution in [1.29, 1.82) is 0 Å². The van der Waals surface area contributed by atoms with Crippen molar-refractivity contribution in [1.82, 2.24) is 5.32 Å². The topological polar surface area (TPSA) is 30.5 Å². The van der Waals surface area contributed by atoms with E-state index in [4.69, 9.17) is 9.47 Å². The molecule has 1 N–H and O–H groups in total. The maximum absolute atomic E-state index is 6.12. The lowest BCUT2D eigenvalue weighted by molar-refractivity contribution is 0.100. The monoisotopic (exact) mass is 275 g/mol. The number of nitrogens with one attached hydrogen (secondary N) is 1. The van der Waals surface area contributed by atoms with Crippen LogP contribution in [0.4, 0.5) is 0 Å². The molecule has 2 heterocycles. The smallest absolute Gasteiger partial charge is 0.123 e. The van der Waals surface area contributed by atoms with Crippen LogP contribution in [0.15, 0.2) is 24.3 Å². The summed E-state index contributed by atoms with van der Waals surface area (Å²) < 4.78 is 11.8. The molecule has 0 spiro atoms. The summed E-state index contributed by atoms with van der Waals surface area (Å²) in [6.45, 7) is 7.18. The molecule has 3 rings (SSSR count). The maximum atomic E-state index is 6.12. The van der Waals surface area contributed by atoms with Crippen LogP contribution in [0.3, 0.4) is 0 Å². The molecule has 3 nitrogen and oxygen atoms in total. The van der Waals surface area contributed by atoms with Crippen molar-refractivity contribution in [3.8, 4) is 5.75 Å². The molecule has 3 heteroatoms. The maximum Gasteiger partial charge on any atom is 0.123 e. The zero-order valence-electron chi connectivity index (χ0n) is 12.5. The fraction of sp³-hybridized carbons (Fsp3) is 0.647. The van der Waals surface area contributed by atoms with Crippen molar-refractivity contribution in [3.63, 3.8) is 0 Å². The SMILES string of the molecule is CC(C)NCC1(CC2Cc3ccccc3O2)CCOC1. The molecule has 0 radical (unpaired) electrons. The average Bonchev–Trinajstić information content (AvgIpc) is 3.03. The number of ether oxygens (including phenoxy) is 2. The highest BCUT2D eigenvalue weighted by Gasteiger charge is 2.39. The number of benzene rings is 1. The second-order valence-corrected chi connectivity index (χ2v) is 6.59. The van der Waals surface area contributed by atoms with Crippen LogP contribution in [0.1, 0.15) is 32.3 Å². The number of fused-ring (bicyclic) bond motifs is 1. The van der Waals surface area contributed by atoms with Gasteiger partial charge in [-0.2, -0.15) is 0 Å². The van der Waals surface area contributed by atoms with E-state index in [9.17, 15) is 0 Å². The molecule has 1 saturated heterocycles. The summed E-state index contributed by atoms with van der Waals surface area (Å²) in [6.07, 6.45) is 3.58. The van der Waals surface area contributed by atoms with E-state index in [1.165, 1.54) is 5.56 Å². The van der Waals surface area contributed by atoms with E-state index in [1.54, 1.807) is 0 Å². The van der Waals surface area contributed by atoms with Gasteiger partial charge in [-0.25, -0.2) is 0 Å². The minimum atomic E-state index is 0.247. The van der Waals surface area contributed by atoms with Crippen molar-refractivity contribution in [2.45, 2.75) is 45.3 Å². The molecule has 1 aromatic rings. The highest BCUT2D eigenvalue weighted by Crippen LogP contribution is 2.38. The fourth-order valence-electron chi connectivity index (χ4n) is 3.29. The Balaban J connectivity index is 1.63. The predicted octanol–water partition coefficient (Wildman–Crippen LogP) is 2.78. The standard InChI is InChI=1S/C17H25NO2/c1-13(2)18-11-17(7-8-19-12-17)10-15-9-14-5-3-4-6-16(14)20-15/h3-6,13,15,18H,7-12H2,1-2H3. The van der Waals surface area contributed by atoms with Gasteiger partial charge in [0.2, 0.25) is 0 Å². The second kappa shape index (κ2) is 5.74. The Morgan fingerprint density at radius 1 is 1.35 bits per heavy atom. The minimum absolute atomic E-state index is 0.247. The van der Waals surface area contributed by atoms with Gasteiger partial charge in [-0.05, 0) is 24.5 Å². The van der Waals surface area contributed by atoms with E-state index >= 15 is 0 Å². The predicted molar refractivity (Wildman–Crippen MR) is 80.2 cm³/mol. The zero-order chi connectivity index (χ0) is 14.0. The summed E-state index contributed by atoms with van der Waals surface area (Å²) in [5.41, 5.74) is 1.60. The van der Waals surface area contributed by atoms with Gasteiger partial charge in [0.05, 0.1) is 6.61 Å². The normalized spacial score (nSPS) is 28.6. The number of para-hydroxylation sites is 1. The molecule has 0 saturated carbocycles. The van der Waals surface area contributed by atoms with Crippen LogP contribution in [-0.2, 0) is 11.2 Å². The molecule has 0 amide bonds. The third-order valence-electron chi connectivity index (χ3n) is 4.44. The summed E-state index contributed by atoms with van der Waals surface area (Å²) in [6, 6.07) is 8.93. The van der Waals surface area contributed by atoms with E-state index in [0.29, 0.717) is 12.1 Å². The summed E-state index contributed by atoms with van der Waals surface area (Å²) in [7, 11) is 0. The Bertz CT molecular complexity index is 427. The summed E-state index contributed by atoms with van der Waals surface area (Å²) in [4.78, 5) is 0. The van der Waals surface area contributed by atoms with Crippen LogP contribution in [0.2, 0.25) is 0 Å². The van der Waals surface area contributed by atoms with Crippen LogP contribution >= 0.6 is 0 Å². The van der Waals surface area contributed by atoms with Gasteiger partial charge in [0.1, 0.15) is 11.9 Å². The lowest BCUT2D eigenvalue weighted by Crippen LogP contribution is -2.41. The molecule has 0 bridgehead atoms. The van der Waals surface area contributed by atoms with Crippen LogP contribution in [-0.4, -0.2) is 31.9 Å². The number of hydrogen-bond acceptors (Lipinski definition) is 3. The largest absolute Gasteiger partial charge is 0.490 e. The molecule has 1 aromatic carbocycles. The van der Waals surface area contributed by atoms with Crippen molar-refractivity contribution >= 4 is 0 Å². The fourth-order valence-corrected chi connectivity index (χ4v) is 3.29. The van der Waals surface area contributed by atoms with Gasteiger partial charge in [0, 0.05) is 31.0 Å². The Morgan fingerprint density at radius 2 is 2.20 bits per heavy atom. The Kier molecular flexibility index (Phi) is 3.99. The molecule has 110 valence electrons. The minimum Gasteiger partial charge on any atom is -0.490 e. The quantitative estimate of drug-likeness (QED) is 0.896. The third kappa shape index (κ3) is 2.99. The first-order chi connectivity index (χ1) is 9.67. The Labute approximate surface area is 121 Å². The highest BCUT2D eigenvalue weighted by molar-refractivity contribution is 5.37. The van der Waals surface area contributed by atoms with Gasteiger partial charge in [-0.3, -0.25) is 0 Å². The molecule has 2 unspecified atom stereocenters. The van der Waals surface area contributed by atoms with E-state index < -0.39 is 0 Å². The van der Waals surface area contributed by atoms with Gasteiger partial charge in [-0.15, -0.1) is 0 Å². The van der Waals surface area contributed by atoms with Crippen LogP contribution in [0, 0.1) is 5.41 Å². The zero-order valence-corrected chi connectivity index (χ0v) is 12.5. The molecule has 20 heavy (non-hydrogen) atoms. The summed E-state index contributed by atoms with van der Waals surface area (Å²) in [5.74, 6) is 1.07. The summed E-state index contributed by atoms with van der Waals surface area (Å²) in [5, 5.41) is 3.59. The molecule has 2 aliphatic rings. The van der Waals surface area contributed by atoms with Crippen molar-refractivity contribution in [2.75, 3.05) is 19.8 Å². The molecule has 0 aliphatic carbocycles. The van der Waals surface area contributed by atoms with E-state index in [-0.39, 0.29) is 5.41 Å². The van der Waals surface area contributed by atoms with E-state index in [0.717, 1.165) is 44.8 Å². The first kappa shape index (κ1) is 13.9. The van der Waals surface area contributed by atoms with Crippen molar-refractivity contribution in [3.05, 3.63) is 29.8 Å². The van der Waals surface area contributed by atoms with Crippen LogP contribution in [0.5, 0.6) is 5.75 Å². The van der Waals surface area contributed by atoms with Gasteiger partial charge >= 0.3 is 0 Å². The molecular formula is C17H25NO2. The van der Waals surface area contributed by atoms with Crippen LogP contribution in [0.25, 0.3) is 0 Å². The molecular weight excluding hydrogens is 250 g/mol. The first-order valence-electron chi connectivity index (χ1n) is 7.73. The third-order valence-corrected chi connectivity index (χ3v) is 4.44. The Morgan fingerprint density at radius 3 is 2.90 bits per heavy atom. The molecule has 1 fully saturated rings. The molecule has 0 aromatic heterocycles. The van der Waals surface area contributed by atoms with Crippen molar-refractivity contribution < 1.29 is 9.47 Å². The lowest BCUT2D eigenvalue weighted by atomic mass is 9.80. The van der Waals surface area contributed by atoms with E-state index in [1.807, 2.05) is 0 Å². The van der Waals surface area contributed by atoms with Gasteiger partial charge in [0.25, 0.3) is 0 Å². The average molecular weight is 275 g/mol. The highest BCUT2D eigenvalue weighted by atomic mass is 16.5. The van der Waals surface area contributed by atoms with Gasteiger partial charge < -0.3 is 14.8 Å². The molecule has 2 atom stereocenters. The van der Waals surface area contributed by atoms with Crippen molar-refractivity contribution in [2.24, 2.45) is 5.41 Å². The Hall–Kier alpha value is -1.06. The lowest BCUT2D eigenvalue weighted by Gasteiger charge is -2.31. The summed E-state index contributed by atoms with van der Waals surface area (Å²) >= 11 is 0.